The minimum Gasteiger partial charge on any atom is -0.464 e. The summed E-state index contributed by atoms with van der Waals surface area (Å²) in [5.41, 5.74) is 1.03. The third-order valence-electron chi connectivity index (χ3n) is 1.28. The Hall–Kier alpha value is -1.43. The van der Waals surface area contributed by atoms with Crippen molar-refractivity contribution in [3.63, 3.8) is 0 Å². The zero-order chi connectivity index (χ0) is 7.84. The number of carboxylic acid groups (broad SMARTS) is 1. The molecular formula is C5H3N3O2S. The van der Waals surface area contributed by atoms with Gasteiger partial charge in [-0.05, 0) is 11.5 Å². The van der Waals surface area contributed by atoms with E-state index in [1.807, 2.05) is 0 Å². The Morgan fingerprint density at radius 2 is 2.55 bits per heavy atom. The van der Waals surface area contributed by atoms with Gasteiger partial charge in [-0.2, -0.15) is 4.37 Å². The van der Waals surface area contributed by atoms with Crippen molar-refractivity contribution in [2.45, 2.75) is 0 Å². The second kappa shape index (κ2) is 2.03. The van der Waals surface area contributed by atoms with Gasteiger partial charge in [0, 0.05) is 5.38 Å². The number of rotatable bonds is 0. The largest absolute Gasteiger partial charge is 0.464 e. The molecule has 11 heavy (non-hydrogen) atoms. The molecule has 0 unspecified atom stereocenters. The molecule has 2 heterocycles. The zero-order valence-corrected chi connectivity index (χ0v) is 6.08. The fourth-order valence-electron chi connectivity index (χ4n) is 0.796. The third kappa shape index (κ3) is 0.795. The summed E-state index contributed by atoms with van der Waals surface area (Å²) in [7, 11) is 0. The fourth-order valence-corrected chi connectivity index (χ4v) is 1.40. The van der Waals surface area contributed by atoms with Gasteiger partial charge in [0.15, 0.2) is 5.65 Å². The molecule has 2 aromatic heterocycles. The predicted octanol–water partition coefficient (Wildman–Crippen LogP) is 1.02. The van der Waals surface area contributed by atoms with Crippen molar-refractivity contribution >= 4 is 28.8 Å². The number of imidazole rings is 1. The van der Waals surface area contributed by atoms with Crippen LogP contribution in [0.2, 0.25) is 0 Å². The van der Waals surface area contributed by atoms with Crippen molar-refractivity contribution in [2.75, 3.05) is 0 Å². The van der Waals surface area contributed by atoms with E-state index in [0.717, 1.165) is 4.57 Å². The van der Waals surface area contributed by atoms with E-state index in [1.165, 1.54) is 17.9 Å². The van der Waals surface area contributed by atoms with Crippen LogP contribution in [-0.4, -0.2) is 25.1 Å². The molecule has 6 heteroatoms. The van der Waals surface area contributed by atoms with Crippen molar-refractivity contribution in [1.82, 2.24) is 13.9 Å². The molecule has 0 saturated carbocycles. The molecule has 0 atom stereocenters. The first kappa shape index (κ1) is 6.29. The van der Waals surface area contributed by atoms with E-state index >= 15 is 0 Å². The lowest BCUT2D eigenvalue weighted by atomic mass is 10.6. The number of nitrogens with zero attached hydrogens (tertiary/aromatic N) is 3. The molecule has 0 fully saturated rings. The van der Waals surface area contributed by atoms with Crippen molar-refractivity contribution in [1.29, 1.82) is 0 Å². The fraction of sp³-hybridized carbons (Fsp3) is 0. The maximum Gasteiger partial charge on any atom is 0.418 e. The Bertz CT molecular complexity index is 404. The summed E-state index contributed by atoms with van der Waals surface area (Å²) >= 11 is 1.19. The first-order valence-electron chi connectivity index (χ1n) is 2.80. The Kier molecular flexibility index (Phi) is 1.16. The quantitative estimate of drug-likeness (QED) is 0.639. The van der Waals surface area contributed by atoms with E-state index in [2.05, 4.69) is 9.36 Å². The summed E-state index contributed by atoms with van der Waals surface area (Å²) in [5.74, 6) is 0. The molecule has 2 rings (SSSR count). The molecule has 0 saturated heterocycles. The van der Waals surface area contributed by atoms with Crippen LogP contribution < -0.4 is 0 Å². The molecule has 0 amide bonds. The maximum absolute atomic E-state index is 10.5. The lowest BCUT2D eigenvalue weighted by Crippen LogP contribution is -2.05. The molecule has 0 aromatic carbocycles. The second-order valence-electron chi connectivity index (χ2n) is 1.92. The SMILES string of the molecule is O=C(O)n1cnc2csnc21. The summed E-state index contributed by atoms with van der Waals surface area (Å²) in [6.45, 7) is 0. The topological polar surface area (TPSA) is 68.0 Å². The van der Waals surface area contributed by atoms with E-state index in [-0.39, 0.29) is 0 Å². The highest BCUT2D eigenvalue weighted by Crippen LogP contribution is 2.12. The molecule has 0 aliphatic carbocycles. The second-order valence-corrected chi connectivity index (χ2v) is 2.55. The molecule has 0 aliphatic heterocycles. The van der Waals surface area contributed by atoms with Crippen LogP contribution in [0.15, 0.2) is 11.7 Å². The van der Waals surface area contributed by atoms with Gasteiger partial charge in [-0.15, -0.1) is 0 Å². The first-order chi connectivity index (χ1) is 5.29. The highest BCUT2D eigenvalue weighted by atomic mass is 32.1. The summed E-state index contributed by atoms with van der Waals surface area (Å²) < 4.78 is 4.85. The van der Waals surface area contributed by atoms with E-state index in [0.29, 0.717) is 11.2 Å². The van der Waals surface area contributed by atoms with Gasteiger partial charge in [-0.25, -0.2) is 14.3 Å². The van der Waals surface area contributed by atoms with Gasteiger partial charge in [0.1, 0.15) is 11.8 Å². The maximum atomic E-state index is 10.5. The lowest BCUT2D eigenvalue weighted by Gasteiger charge is -1.88. The Labute approximate surface area is 65.1 Å². The predicted molar refractivity (Wildman–Crippen MR) is 38.8 cm³/mol. The standard InChI is InChI=1S/C5H3N3O2S/c9-5(10)8-2-6-3-1-11-7-4(3)8/h1-2H,(H,9,10). The van der Waals surface area contributed by atoms with E-state index in [9.17, 15) is 4.79 Å². The van der Waals surface area contributed by atoms with Gasteiger partial charge >= 0.3 is 6.09 Å². The normalized spacial score (nSPS) is 10.5. The number of hydrogen-bond acceptors (Lipinski definition) is 4. The minimum absolute atomic E-state index is 0.405. The number of hydrogen-bond donors (Lipinski definition) is 1. The highest BCUT2D eigenvalue weighted by molar-refractivity contribution is 7.04. The van der Waals surface area contributed by atoms with Crippen LogP contribution in [0.5, 0.6) is 0 Å². The van der Waals surface area contributed by atoms with Gasteiger partial charge < -0.3 is 5.11 Å². The van der Waals surface area contributed by atoms with Gasteiger partial charge in [0.2, 0.25) is 0 Å². The van der Waals surface area contributed by atoms with E-state index in [1.54, 1.807) is 5.38 Å². The minimum atomic E-state index is -1.06. The van der Waals surface area contributed by atoms with Crippen LogP contribution in [0, 0.1) is 0 Å². The Morgan fingerprint density at radius 1 is 1.73 bits per heavy atom. The molecule has 0 aliphatic rings. The van der Waals surface area contributed by atoms with Crippen LogP contribution in [0.1, 0.15) is 0 Å². The van der Waals surface area contributed by atoms with Crippen LogP contribution in [0.3, 0.4) is 0 Å². The van der Waals surface area contributed by atoms with E-state index < -0.39 is 6.09 Å². The molecule has 0 bridgehead atoms. The monoisotopic (exact) mass is 169 g/mol. The summed E-state index contributed by atoms with van der Waals surface area (Å²) in [5, 5.41) is 10.3. The molecule has 56 valence electrons. The van der Waals surface area contributed by atoms with Crippen LogP contribution in [-0.2, 0) is 0 Å². The number of carbonyl (C=O) groups is 1. The molecule has 5 nitrogen and oxygen atoms in total. The summed E-state index contributed by atoms with van der Waals surface area (Å²) in [4.78, 5) is 14.3. The zero-order valence-electron chi connectivity index (χ0n) is 5.26. The van der Waals surface area contributed by atoms with Crippen molar-refractivity contribution in [2.24, 2.45) is 0 Å². The summed E-state index contributed by atoms with van der Waals surface area (Å²) in [6, 6.07) is 0. The third-order valence-corrected chi connectivity index (χ3v) is 1.89. The highest BCUT2D eigenvalue weighted by Gasteiger charge is 2.08. The van der Waals surface area contributed by atoms with Crippen LogP contribution in [0.25, 0.3) is 11.2 Å². The smallest absolute Gasteiger partial charge is 0.418 e. The first-order valence-corrected chi connectivity index (χ1v) is 3.63. The molecular weight excluding hydrogens is 166 g/mol. The van der Waals surface area contributed by atoms with E-state index in [4.69, 9.17) is 5.11 Å². The number of fused-ring (bicyclic) bond motifs is 1. The Balaban J connectivity index is 2.78. The molecule has 0 radical (unpaired) electrons. The van der Waals surface area contributed by atoms with Gasteiger partial charge in [-0.3, -0.25) is 0 Å². The summed E-state index contributed by atoms with van der Waals surface area (Å²) in [6.07, 6.45) is 0.186. The van der Waals surface area contributed by atoms with Crippen molar-refractivity contribution in [3.05, 3.63) is 11.7 Å². The Morgan fingerprint density at radius 3 is 3.27 bits per heavy atom. The average molecular weight is 169 g/mol. The van der Waals surface area contributed by atoms with Crippen molar-refractivity contribution in [3.8, 4) is 0 Å². The molecule has 0 spiro atoms. The lowest BCUT2D eigenvalue weighted by molar-refractivity contribution is 0.197. The molecule has 2 aromatic rings. The van der Waals surface area contributed by atoms with Crippen LogP contribution >= 0.6 is 11.5 Å². The van der Waals surface area contributed by atoms with Gasteiger partial charge in [0.25, 0.3) is 0 Å². The van der Waals surface area contributed by atoms with Gasteiger partial charge in [-0.1, -0.05) is 0 Å². The molecule has 1 N–H and O–H groups in total. The number of aromatic nitrogens is 3. The van der Waals surface area contributed by atoms with Crippen molar-refractivity contribution < 1.29 is 9.90 Å². The van der Waals surface area contributed by atoms with Crippen LogP contribution in [0.4, 0.5) is 4.79 Å². The average Bonchev–Trinajstić information content (AvgIpc) is 2.41. The van der Waals surface area contributed by atoms with Gasteiger partial charge in [0.05, 0.1) is 0 Å².